The molecule has 0 aliphatic carbocycles. The van der Waals surface area contributed by atoms with E-state index in [1.807, 2.05) is 13.8 Å². The van der Waals surface area contributed by atoms with Crippen LogP contribution in [0.4, 0.5) is 0 Å². The van der Waals surface area contributed by atoms with Crippen LogP contribution in [-0.2, 0) is 9.47 Å². The van der Waals surface area contributed by atoms with Crippen molar-refractivity contribution in [3.63, 3.8) is 0 Å². The number of esters is 1. The van der Waals surface area contributed by atoms with Gasteiger partial charge in [-0.25, -0.2) is 9.59 Å². The molecule has 1 aromatic rings. The quantitative estimate of drug-likeness (QED) is 0.767. The molecule has 0 aliphatic rings. The van der Waals surface area contributed by atoms with E-state index in [0.29, 0.717) is 6.61 Å². The van der Waals surface area contributed by atoms with E-state index in [9.17, 15) is 9.59 Å². The highest BCUT2D eigenvalue weighted by molar-refractivity contribution is 6.02. The van der Waals surface area contributed by atoms with Gasteiger partial charge in [-0.1, -0.05) is 19.1 Å². The Bertz CT molecular complexity index is 441. The van der Waals surface area contributed by atoms with Crippen molar-refractivity contribution in [3.05, 3.63) is 35.4 Å². The molecular weight excluding hydrogens is 248 g/mol. The van der Waals surface area contributed by atoms with Gasteiger partial charge in [0.1, 0.15) is 6.61 Å². The molecule has 1 N–H and O–H groups in total. The van der Waals surface area contributed by atoms with Crippen LogP contribution in [0.3, 0.4) is 0 Å². The monoisotopic (exact) mass is 266 g/mol. The lowest BCUT2D eigenvalue weighted by molar-refractivity contribution is -0.00541. The molecule has 1 atom stereocenters. The van der Waals surface area contributed by atoms with Gasteiger partial charge in [-0.05, 0) is 25.5 Å². The number of carbonyl (C=O) groups excluding carboxylic acids is 1. The number of hydrogen-bond acceptors (Lipinski definition) is 4. The van der Waals surface area contributed by atoms with Gasteiger partial charge in [0.15, 0.2) is 0 Å². The number of rotatable bonds is 7. The predicted molar refractivity (Wildman–Crippen MR) is 69.4 cm³/mol. The van der Waals surface area contributed by atoms with Gasteiger partial charge in [-0.15, -0.1) is 0 Å². The first-order valence-corrected chi connectivity index (χ1v) is 6.21. The number of carboxylic acid groups (broad SMARTS) is 1. The molecule has 0 bridgehead atoms. The molecule has 1 aromatic carbocycles. The van der Waals surface area contributed by atoms with Crippen molar-refractivity contribution in [2.45, 2.75) is 26.4 Å². The molecule has 0 amide bonds. The van der Waals surface area contributed by atoms with Crippen LogP contribution in [0.15, 0.2) is 24.3 Å². The molecule has 5 nitrogen and oxygen atoms in total. The van der Waals surface area contributed by atoms with Crippen LogP contribution in [-0.4, -0.2) is 36.4 Å². The van der Waals surface area contributed by atoms with Gasteiger partial charge < -0.3 is 14.6 Å². The first-order valence-electron chi connectivity index (χ1n) is 6.21. The summed E-state index contributed by atoms with van der Waals surface area (Å²) in [5, 5.41) is 8.99. The van der Waals surface area contributed by atoms with E-state index in [2.05, 4.69) is 0 Å². The highest BCUT2D eigenvalue weighted by Gasteiger charge is 2.18. The second-order valence-corrected chi connectivity index (χ2v) is 3.93. The normalized spacial score (nSPS) is 11.9. The van der Waals surface area contributed by atoms with Gasteiger partial charge in [0, 0.05) is 6.61 Å². The summed E-state index contributed by atoms with van der Waals surface area (Å²) in [6.07, 6.45) is 0.563. The van der Waals surface area contributed by atoms with Crippen molar-refractivity contribution < 1.29 is 24.2 Å². The number of ether oxygens (including phenoxy) is 2. The van der Waals surface area contributed by atoms with Crippen LogP contribution in [0, 0.1) is 0 Å². The average molecular weight is 266 g/mol. The molecule has 0 saturated carbocycles. The van der Waals surface area contributed by atoms with E-state index >= 15 is 0 Å². The average Bonchev–Trinajstić information content (AvgIpc) is 2.43. The summed E-state index contributed by atoms with van der Waals surface area (Å²) in [7, 11) is 0. The van der Waals surface area contributed by atoms with Crippen LogP contribution in [0.2, 0.25) is 0 Å². The Morgan fingerprint density at radius 3 is 2.37 bits per heavy atom. The van der Waals surface area contributed by atoms with Crippen molar-refractivity contribution in [1.82, 2.24) is 0 Å². The Hall–Kier alpha value is -1.88. The number of aromatic carboxylic acids is 1. The molecule has 0 radical (unpaired) electrons. The minimum absolute atomic E-state index is 0.0568. The third kappa shape index (κ3) is 4.37. The highest BCUT2D eigenvalue weighted by atomic mass is 16.6. The summed E-state index contributed by atoms with van der Waals surface area (Å²) in [6.45, 7) is 4.46. The number of carbonyl (C=O) groups is 2. The zero-order chi connectivity index (χ0) is 14.3. The Labute approximate surface area is 112 Å². The third-order valence-corrected chi connectivity index (χ3v) is 2.64. The predicted octanol–water partition coefficient (Wildman–Crippen LogP) is 2.36. The lowest BCUT2D eigenvalue weighted by atomic mass is 10.1. The fraction of sp³-hybridized carbons (Fsp3) is 0.429. The van der Waals surface area contributed by atoms with Gasteiger partial charge in [0.25, 0.3) is 0 Å². The molecule has 19 heavy (non-hydrogen) atoms. The maximum absolute atomic E-state index is 11.9. The molecule has 0 aliphatic heterocycles. The third-order valence-electron chi connectivity index (χ3n) is 2.64. The second kappa shape index (κ2) is 7.53. The maximum atomic E-state index is 11.9. The van der Waals surface area contributed by atoms with Gasteiger partial charge in [0.05, 0.1) is 17.2 Å². The van der Waals surface area contributed by atoms with Crippen LogP contribution in [0.5, 0.6) is 0 Å². The Morgan fingerprint density at radius 2 is 1.84 bits per heavy atom. The molecule has 5 heteroatoms. The zero-order valence-electron chi connectivity index (χ0n) is 11.1. The number of hydrogen-bond donors (Lipinski definition) is 1. The zero-order valence-corrected chi connectivity index (χ0v) is 11.1. The minimum Gasteiger partial charge on any atom is -0.478 e. The molecule has 0 aromatic heterocycles. The van der Waals surface area contributed by atoms with Crippen LogP contribution < -0.4 is 0 Å². The number of carboxylic acids is 1. The summed E-state index contributed by atoms with van der Waals surface area (Å²) < 4.78 is 10.5. The van der Waals surface area contributed by atoms with E-state index < -0.39 is 11.9 Å². The van der Waals surface area contributed by atoms with E-state index in [1.54, 1.807) is 12.1 Å². The summed E-state index contributed by atoms with van der Waals surface area (Å²) >= 11 is 0. The van der Waals surface area contributed by atoms with Gasteiger partial charge in [-0.3, -0.25) is 0 Å². The fourth-order valence-electron chi connectivity index (χ4n) is 1.61. The van der Waals surface area contributed by atoms with Gasteiger partial charge in [-0.2, -0.15) is 0 Å². The summed E-state index contributed by atoms with van der Waals surface area (Å²) in [4.78, 5) is 22.8. The van der Waals surface area contributed by atoms with Gasteiger partial charge >= 0.3 is 11.9 Å². The molecule has 1 unspecified atom stereocenters. The van der Waals surface area contributed by atoms with Crippen LogP contribution >= 0.6 is 0 Å². The summed E-state index contributed by atoms with van der Waals surface area (Å²) in [5.74, 6) is -1.79. The highest BCUT2D eigenvalue weighted by Crippen LogP contribution is 2.11. The van der Waals surface area contributed by atoms with E-state index in [1.165, 1.54) is 12.1 Å². The van der Waals surface area contributed by atoms with Crippen molar-refractivity contribution >= 4 is 11.9 Å². The van der Waals surface area contributed by atoms with E-state index in [0.717, 1.165) is 6.42 Å². The van der Waals surface area contributed by atoms with Crippen molar-refractivity contribution in [1.29, 1.82) is 0 Å². The molecule has 1 rings (SSSR count). The summed E-state index contributed by atoms with van der Waals surface area (Å²) in [5.41, 5.74) is -0.00156. The van der Waals surface area contributed by atoms with Gasteiger partial charge in [0.2, 0.25) is 0 Å². The molecule has 0 spiro atoms. The van der Waals surface area contributed by atoms with Crippen molar-refractivity contribution in [3.8, 4) is 0 Å². The SMILES string of the molecule is CCOC(CC)COC(=O)c1ccccc1C(=O)O. The summed E-state index contributed by atoms with van der Waals surface area (Å²) in [6, 6.07) is 5.98. The maximum Gasteiger partial charge on any atom is 0.339 e. The molecule has 0 fully saturated rings. The Balaban J connectivity index is 2.71. The lowest BCUT2D eigenvalue weighted by Crippen LogP contribution is -2.22. The first kappa shape index (κ1) is 15.2. The van der Waals surface area contributed by atoms with E-state index in [4.69, 9.17) is 14.6 Å². The Kier molecular flexibility index (Phi) is 6.02. The van der Waals surface area contributed by atoms with Crippen molar-refractivity contribution in [2.75, 3.05) is 13.2 Å². The first-order chi connectivity index (χ1) is 9.10. The number of benzene rings is 1. The van der Waals surface area contributed by atoms with Crippen LogP contribution in [0.25, 0.3) is 0 Å². The smallest absolute Gasteiger partial charge is 0.339 e. The molecule has 0 heterocycles. The standard InChI is InChI=1S/C14H18O5/c1-3-10(18-4-2)9-19-14(17)12-8-6-5-7-11(12)13(15)16/h5-8,10H,3-4,9H2,1-2H3,(H,15,16). The second-order valence-electron chi connectivity index (χ2n) is 3.93. The Morgan fingerprint density at radius 1 is 1.21 bits per heavy atom. The largest absolute Gasteiger partial charge is 0.478 e. The van der Waals surface area contributed by atoms with E-state index in [-0.39, 0.29) is 23.8 Å². The minimum atomic E-state index is -1.15. The van der Waals surface area contributed by atoms with Crippen molar-refractivity contribution in [2.24, 2.45) is 0 Å². The van der Waals surface area contributed by atoms with Crippen LogP contribution in [0.1, 0.15) is 41.0 Å². The topological polar surface area (TPSA) is 72.8 Å². The lowest BCUT2D eigenvalue weighted by Gasteiger charge is -2.15. The molecule has 104 valence electrons. The fourth-order valence-corrected chi connectivity index (χ4v) is 1.61. The molecular formula is C14H18O5. The molecule has 0 saturated heterocycles.